The normalized spacial score (nSPS) is 13.2. The lowest BCUT2D eigenvalue weighted by atomic mass is 10.2. The first-order chi connectivity index (χ1) is 17.1. The van der Waals surface area contributed by atoms with Crippen LogP contribution in [0.1, 0.15) is 12.5 Å². The van der Waals surface area contributed by atoms with Crippen LogP contribution >= 0.6 is 0 Å². The number of aryl methyl sites for hydroxylation is 1. The minimum atomic E-state index is -4.11. The highest BCUT2D eigenvalue weighted by atomic mass is 32.2. The Labute approximate surface area is 209 Å². The van der Waals surface area contributed by atoms with Crippen molar-refractivity contribution >= 4 is 39.0 Å². The summed E-state index contributed by atoms with van der Waals surface area (Å²) in [7, 11) is -4.11. The van der Waals surface area contributed by atoms with Crippen LogP contribution in [0.4, 0.5) is 17.1 Å². The lowest BCUT2D eigenvalue weighted by Gasteiger charge is -2.20. The summed E-state index contributed by atoms with van der Waals surface area (Å²) < 4.78 is 32.2. The van der Waals surface area contributed by atoms with Gasteiger partial charge in [0.15, 0.2) is 6.61 Å². The number of nitrogens with zero attached hydrogens (tertiary/aromatic N) is 2. The van der Waals surface area contributed by atoms with Gasteiger partial charge < -0.3 is 15.2 Å². The Morgan fingerprint density at radius 1 is 0.917 bits per heavy atom. The minimum Gasteiger partial charge on any atom is -0.454 e. The number of rotatable bonds is 10. The third kappa shape index (κ3) is 7.80. The van der Waals surface area contributed by atoms with Crippen molar-refractivity contribution in [1.29, 1.82) is 0 Å². The van der Waals surface area contributed by atoms with Gasteiger partial charge in [-0.25, -0.2) is 8.42 Å². The lowest BCUT2D eigenvalue weighted by molar-refractivity contribution is -0.151. The second-order valence-corrected chi connectivity index (χ2v) is 9.60. The molecular weight excluding hydrogens is 484 g/mol. The number of carbonyl (C=O) groups is 2. The number of aliphatic hydroxyl groups is 1. The zero-order chi connectivity index (χ0) is 26.1. The van der Waals surface area contributed by atoms with Crippen molar-refractivity contribution in [2.24, 2.45) is 10.2 Å². The molecule has 0 aliphatic heterocycles. The summed E-state index contributed by atoms with van der Waals surface area (Å²) in [6, 6.07) is 20.1. The van der Waals surface area contributed by atoms with Gasteiger partial charge in [0.05, 0.1) is 22.4 Å². The fourth-order valence-corrected chi connectivity index (χ4v) is 4.20. The standard InChI is InChI=1S/C25H26N4O6S/c1-17-8-14-22(15-9-17)36(33,34)29-24(18(2)30)25(32)35-16-23(31)26-19-10-12-21(13-11-19)28-27-20-6-4-3-5-7-20/h3-15,18,24,29-30H,16H2,1-2H3,(H,26,31). The average molecular weight is 511 g/mol. The van der Waals surface area contributed by atoms with Crippen molar-refractivity contribution in [3.05, 3.63) is 84.4 Å². The summed E-state index contributed by atoms with van der Waals surface area (Å²) in [6.07, 6.45) is -1.40. The first kappa shape index (κ1) is 26.7. The van der Waals surface area contributed by atoms with Gasteiger partial charge in [-0.05, 0) is 62.4 Å². The molecule has 10 nitrogen and oxygen atoms in total. The van der Waals surface area contributed by atoms with E-state index in [9.17, 15) is 23.1 Å². The molecule has 0 saturated heterocycles. The molecule has 0 fully saturated rings. The van der Waals surface area contributed by atoms with Crippen LogP contribution in [-0.4, -0.2) is 44.2 Å². The Morgan fingerprint density at radius 2 is 1.50 bits per heavy atom. The first-order valence-electron chi connectivity index (χ1n) is 10.9. The second kappa shape index (κ2) is 12.2. The fraction of sp³-hybridized carbons (Fsp3) is 0.200. The van der Waals surface area contributed by atoms with Crippen molar-refractivity contribution in [2.45, 2.75) is 30.9 Å². The highest BCUT2D eigenvalue weighted by molar-refractivity contribution is 7.89. The van der Waals surface area contributed by atoms with Gasteiger partial charge in [-0.15, -0.1) is 0 Å². The van der Waals surface area contributed by atoms with Crippen molar-refractivity contribution in [1.82, 2.24) is 4.72 Å². The quantitative estimate of drug-likeness (QED) is 0.280. The number of hydrogen-bond donors (Lipinski definition) is 3. The smallest absolute Gasteiger partial charge is 0.327 e. The monoisotopic (exact) mass is 510 g/mol. The van der Waals surface area contributed by atoms with Crippen LogP contribution < -0.4 is 10.0 Å². The highest BCUT2D eigenvalue weighted by Gasteiger charge is 2.31. The van der Waals surface area contributed by atoms with E-state index in [1.54, 1.807) is 43.3 Å². The molecule has 188 valence electrons. The van der Waals surface area contributed by atoms with Crippen molar-refractivity contribution in [3.8, 4) is 0 Å². The molecule has 11 heteroatoms. The topological polar surface area (TPSA) is 147 Å². The lowest BCUT2D eigenvalue weighted by Crippen LogP contribution is -2.48. The number of hydrogen-bond acceptors (Lipinski definition) is 8. The van der Waals surface area contributed by atoms with Crippen molar-refractivity contribution < 1.29 is 27.9 Å². The molecule has 0 radical (unpaired) electrons. The molecule has 2 unspecified atom stereocenters. The number of benzene rings is 3. The molecule has 0 saturated carbocycles. The van der Waals surface area contributed by atoms with E-state index in [2.05, 4.69) is 20.3 Å². The SMILES string of the molecule is Cc1ccc(S(=O)(=O)NC(C(=O)OCC(=O)Nc2ccc(N=Nc3ccccc3)cc2)C(C)O)cc1. The summed E-state index contributed by atoms with van der Waals surface area (Å²) in [4.78, 5) is 24.6. The predicted molar refractivity (Wildman–Crippen MR) is 134 cm³/mol. The number of esters is 1. The predicted octanol–water partition coefficient (Wildman–Crippen LogP) is 3.62. The average Bonchev–Trinajstić information content (AvgIpc) is 2.86. The van der Waals surface area contributed by atoms with Gasteiger partial charge in [-0.1, -0.05) is 35.9 Å². The van der Waals surface area contributed by atoms with Crippen LogP contribution in [-0.2, 0) is 24.3 Å². The Kier molecular flexibility index (Phi) is 9.01. The van der Waals surface area contributed by atoms with E-state index in [1.807, 2.05) is 30.3 Å². The molecule has 3 N–H and O–H groups in total. The molecule has 3 rings (SSSR count). The molecule has 3 aromatic carbocycles. The molecule has 0 aliphatic carbocycles. The van der Waals surface area contributed by atoms with Crippen LogP contribution in [0.2, 0.25) is 0 Å². The molecule has 0 aromatic heterocycles. The number of aliphatic hydroxyl groups excluding tert-OH is 1. The number of azo groups is 1. The molecule has 2 atom stereocenters. The van der Waals surface area contributed by atoms with Gasteiger partial charge in [0.25, 0.3) is 5.91 Å². The maximum Gasteiger partial charge on any atom is 0.327 e. The Morgan fingerprint density at radius 3 is 2.08 bits per heavy atom. The van der Waals surface area contributed by atoms with Crippen LogP contribution in [0.15, 0.2) is 94.0 Å². The van der Waals surface area contributed by atoms with E-state index in [0.29, 0.717) is 17.1 Å². The first-order valence-corrected chi connectivity index (χ1v) is 12.4. The maximum atomic E-state index is 12.6. The largest absolute Gasteiger partial charge is 0.454 e. The van der Waals surface area contributed by atoms with Gasteiger partial charge in [-0.2, -0.15) is 15.0 Å². The molecule has 0 aliphatic rings. The number of carbonyl (C=O) groups excluding carboxylic acids is 2. The second-order valence-electron chi connectivity index (χ2n) is 7.89. The van der Waals surface area contributed by atoms with Crippen LogP contribution in [0.25, 0.3) is 0 Å². The van der Waals surface area contributed by atoms with E-state index in [4.69, 9.17) is 4.74 Å². The summed E-state index contributed by atoms with van der Waals surface area (Å²) in [5, 5.41) is 20.7. The summed E-state index contributed by atoms with van der Waals surface area (Å²) in [6.45, 7) is 2.36. The molecule has 0 bridgehead atoms. The van der Waals surface area contributed by atoms with Crippen LogP contribution in [0.5, 0.6) is 0 Å². The number of amides is 1. The van der Waals surface area contributed by atoms with E-state index < -0.39 is 40.7 Å². The van der Waals surface area contributed by atoms with Gasteiger partial charge in [0, 0.05) is 5.69 Å². The summed E-state index contributed by atoms with van der Waals surface area (Å²) in [5.41, 5.74) is 2.57. The number of ether oxygens (including phenoxy) is 1. The molecule has 3 aromatic rings. The summed E-state index contributed by atoms with van der Waals surface area (Å²) in [5.74, 6) is -1.74. The van der Waals surface area contributed by atoms with E-state index >= 15 is 0 Å². The van der Waals surface area contributed by atoms with E-state index in [1.165, 1.54) is 19.1 Å². The number of sulfonamides is 1. The molecule has 0 heterocycles. The van der Waals surface area contributed by atoms with Crippen molar-refractivity contribution in [3.63, 3.8) is 0 Å². The Hall–Kier alpha value is -3.93. The van der Waals surface area contributed by atoms with Crippen molar-refractivity contribution in [2.75, 3.05) is 11.9 Å². The van der Waals surface area contributed by atoms with E-state index in [-0.39, 0.29) is 4.90 Å². The van der Waals surface area contributed by atoms with Gasteiger partial charge >= 0.3 is 5.97 Å². The van der Waals surface area contributed by atoms with Gasteiger partial charge in [0.2, 0.25) is 10.0 Å². The Balaban J connectivity index is 1.53. The van der Waals surface area contributed by atoms with Crippen LogP contribution in [0.3, 0.4) is 0 Å². The third-order valence-corrected chi connectivity index (χ3v) is 6.34. The zero-order valence-electron chi connectivity index (χ0n) is 19.7. The maximum absolute atomic E-state index is 12.6. The number of anilines is 1. The number of nitrogens with one attached hydrogen (secondary N) is 2. The van der Waals surface area contributed by atoms with Gasteiger partial charge in [-0.3, -0.25) is 9.59 Å². The Bertz CT molecular complexity index is 1310. The third-order valence-electron chi connectivity index (χ3n) is 4.88. The van der Waals surface area contributed by atoms with E-state index in [0.717, 1.165) is 5.56 Å². The summed E-state index contributed by atoms with van der Waals surface area (Å²) >= 11 is 0. The minimum absolute atomic E-state index is 0.0731. The molecular formula is C25H26N4O6S. The molecule has 36 heavy (non-hydrogen) atoms. The fourth-order valence-electron chi connectivity index (χ4n) is 2.94. The highest BCUT2D eigenvalue weighted by Crippen LogP contribution is 2.20. The molecule has 0 spiro atoms. The van der Waals surface area contributed by atoms with Gasteiger partial charge in [0.1, 0.15) is 6.04 Å². The molecule has 1 amide bonds. The van der Waals surface area contributed by atoms with Crippen LogP contribution in [0, 0.1) is 6.92 Å². The zero-order valence-corrected chi connectivity index (χ0v) is 20.5.